The molecule has 0 spiro atoms. The van der Waals surface area contributed by atoms with Crippen LogP contribution in [0.4, 0.5) is 19.3 Å². The van der Waals surface area contributed by atoms with Crippen LogP contribution < -0.4 is 10.6 Å². The summed E-state index contributed by atoms with van der Waals surface area (Å²) in [6.45, 7) is 4.03. The number of ether oxygens (including phenoxy) is 1. The minimum absolute atomic E-state index is 0.0553. The lowest BCUT2D eigenvalue weighted by molar-refractivity contribution is -0.118. The fraction of sp³-hybridized carbons (Fsp3) is 0.429. The summed E-state index contributed by atoms with van der Waals surface area (Å²) in [5, 5.41) is 9.17. The second kappa shape index (κ2) is 8.83. The number of nitrogens with one attached hydrogen (secondary N) is 2. The van der Waals surface area contributed by atoms with E-state index >= 15 is 0 Å². The number of rotatable bonds is 2. The third-order valence-electron chi connectivity index (χ3n) is 4.55. The maximum Gasteiger partial charge on any atom is 0.408 e. The maximum absolute atomic E-state index is 13.6. The highest BCUT2D eigenvalue weighted by Gasteiger charge is 2.25. The van der Waals surface area contributed by atoms with E-state index in [-0.39, 0.29) is 17.3 Å². The topological polar surface area (TPSA) is 98.1 Å². The summed E-state index contributed by atoms with van der Waals surface area (Å²) >= 11 is 0. The summed E-state index contributed by atoms with van der Waals surface area (Å²) in [6, 6.07) is 2.55. The lowest BCUT2D eigenvalue weighted by atomic mass is 10.0. The molecule has 1 aliphatic rings. The highest BCUT2D eigenvalue weighted by Crippen LogP contribution is 2.33. The fourth-order valence-electron chi connectivity index (χ4n) is 3.13. The van der Waals surface area contributed by atoms with Crippen molar-refractivity contribution in [2.24, 2.45) is 5.92 Å². The average Bonchev–Trinajstić information content (AvgIpc) is 3.08. The van der Waals surface area contributed by atoms with Crippen molar-refractivity contribution < 1.29 is 23.1 Å². The molecule has 0 fully saturated rings. The van der Waals surface area contributed by atoms with Gasteiger partial charge in [-0.1, -0.05) is 19.1 Å². The average molecular weight is 433 g/mol. The first-order valence-electron chi connectivity index (χ1n) is 9.84. The molecule has 2 atom stereocenters. The number of nitrogens with zero attached hydrogens (tertiary/aromatic N) is 3. The Morgan fingerprint density at radius 1 is 1.39 bits per heavy atom. The molecule has 0 unspecified atom stereocenters. The van der Waals surface area contributed by atoms with Gasteiger partial charge in [0.2, 0.25) is 5.91 Å². The Balaban J connectivity index is 2.07. The molecule has 2 amide bonds. The number of carbonyl (C=O) groups excluding carboxylic acids is 2. The van der Waals surface area contributed by atoms with E-state index in [4.69, 9.17) is 4.74 Å². The summed E-state index contributed by atoms with van der Waals surface area (Å²) in [4.78, 5) is 29.2. The smallest absolute Gasteiger partial charge is 0.408 e. The van der Waals surface area contributed by atoms with E-state index in [1.54, 1.807) is 52.0 Å². The summed E-state index contributed by atoms with van der Waals surface area (Å²) in [6.07, 6.45) is 5.80. The molecule has 166 valence electrons. The van der Waals surface area contributed by atoms with Gasteiger partial charge in [0.1, 0.15) is 5.60 Å². The number of anilines is 1. The van der Waals surface area contributed by atoms with E-state index in [1.807, 2.05) is 0 Å². The molecule has 0 aliphatic carbocycles. The number of amides is 2. The monoisotopic (exact) mass is 433 g/mol. The van der Waals surface area contributed by atoms with Gasteiger partial charge in [0, 0.05) is 11.8 Å². The molecule has 2 aromatic heterocycles. The van der Waals surface area contributed by atoms with Crippen molar-refractivity contribution in [1.29, 1.82) is 0 Å². The van der Waals surface area contributed by atoms with Gasteiger partial charge in [0.25, 0.3) is 0 Å². The first-order chi connectivity index (χ1) is 14.5. The molecule has 0 radical (unpaired) electrons. The lowest BCUT2D eigenvalue weighted by Gasteiger charge is -2.23. The number of pyridine rings is 1. The van der Waals surface area contributed by atoms with Crippen molar-refractivity contribution in [3.63, 3.8) is 0 Å². The Morgan fingerprint density at radius 3 is 2.81 bits per heavy atom. The molecule has 2 aromatic rings. The standard InChI is InChI=1S/C21H25F2N5O3/c1-12-6-5-7-14(27-20(30)31-21(2,3)4)15-10-13(8-9-24-15)17-16(26-18(12)29)11-25-28(17)19(22)23/h5-6,8-12,14,19H,7H2,1-4H3,(H,26,29)(H,27,30)/b6-5-/t12-,14+/m0/s1. The van der Waals surface area contributed by atoms with Crippen LogP contribution in [-0.2, 0) is 9.53 Å². The van der Waals surface area contributed by atoms with E-state index in [0.29, 0.717) is 22.4 Å². The first kappa shape index (κ1) is 22.4. The predicted octanol–water partition coefficient (Wildman–Crippen LogP) is 4.44. The second-order valence-corrected chi connectivity index (χ2v) is 8.24. The predicted molar refractivity (Wildman–Crippen MR) is 110 cm³/mol. The molecule has 8 nitrogen and oxygen atoms in total. The molecule has 0 saturated carbocycles. The Hall–Kier alpha value is -3.30. The zero-order chi connectivity index (χ0) is 22.8. The Bertz CT molecular complexity index is 997. The van der Waals surface area contributed by atoms with E-state index in [2.05, 4.69) is 20.7 Å². The van der Waals surface area contributed by atoms with Crippen LogP contribution in [0.3, 0.4) is 0 Å². The molecule has 2 bridgehead atoms. The van der Waals surface area contributed by atoms with Crippen LogP contribution in [-0.4, -0.2) is 32.4 Å². The van der Waals surface area contributed by atoms with Crippen LogP contribution >= 0.6 is 0 Å². The van der Waals surface area contributed by atoms with Crippen molar-refractivity contribution in [3.8, 4) is 11.3 Å². The Morgan fingerprint density at radius 2 is 2.13 bits per heavy atom. The van der Waals surface area contributed by atoms with Crippen molar-refractivity contribution in [1.82, 2.24) is 20.1 Å². The van der Waals surface area contributed by atoms with Gasteiger partial charge in [0.15, 0.2) is 0 Å². The third kappa shape index (κ3) is 5.44. The largest absolute Gasteiger partial charge is 0.444 e. The van der Waals surface area contributed by atoms with E-state index in [9.17, 15) is 18.4 Å². The lowest BCUT2D eigenvalue weighted by Crippen LogP contribution is -2.35. The Labute approximate surface area is 178 Å². The van der Waals surface area contributed by atoms with Crippen LogP contribution in [0.2, 0.25) is 0 Å². The van der Waals surface area contributed by atoms with E-state index in [0.717, 1.165) is 0 Å². The zero-order valence-electron chi connectivity index (χ0n) is 17.7. The molecule has 2 N–H and O–H groups in total. The van der Waals surface area contributed by atoms with Crippen molar-refractivity contribution in [3.05, 3.63) is 42.4 Å². The quantitative estimate of drug-likeness (QED) is 0.683. The number of carbonyl (C=O) groups is 2. The van der Waals surface area contributed by atoms with Crippen molar-refractivity contribution in [2.45, 2.75) is 52.3 Å². The molecule has 3 rings (SSSR count). The van der Waals surface area contributed by atoms with Gasteiger partial charge in [0.05, 0.1) is 35.2 Å². The molecular weight excluding hydrogens is 408 g/mol. The maximum atomic E-state index is 13.6. The van der Waals surface area contributed by atoms with Gasteiger partial charge in [-0.2, -0.15) is 13.9 Å². The van der Waals surface area contributed by atoms with E-state index in [1.165, 1.54) is 12.4 Å². The number of alkyl carbamates (subject to hydrolysis) is 1. The molecule has 0 saturated heterocycles. The highest BCUT2D eigenvalue weighted by atomic mass is 19.3. The molecular formula is C21H25F2N5O3. The Kier molecular flexibility index (Phi) is 6.37. The van der Waals surface area contributed by atoms with Gasteiger partial charge >= 0.3 is 12.6 Å². The minimum Gasteiger partial charge on any atom is -0.444 e. The number of alkyl halides is 2. The summed E-state index contributed by atoms with van der Waals surface area (Å²) in [5.41, 5.74) is 0.373. The molecule has 10 heteroatoms. The number of hydrogen-bond donors (Lipinski definition) is 2. The SMILES string of the molecule is C[C@H]1/C=C\C[C@@H](NC(=O)OC(C)(C)C)c2cc(ccn2)-c2c(cnn2C(F)F)NC1=O. The van der Waals surface area contributed by atoms with Gasteiger partial charge in [-0.3, -0.25) is 9.78 Å². The van der Waals surface area contributed by atoms with Crippen LogP contribution in [0.5, 0.6) is 0 Å². The number of fused-ring (bicyclic) bond motifs is 4. The van der Waals surface area contributed by atoms with Gasteiger partial charge in [-0.05, 0) is 39.3 Å². The van der Waals surface area contributed by atoms with Crippen LogP contribution in [0.25, 0.3) is 11.3 Å². The van der Waals surface area contributed by atoms with Crippen LogP contribution in [0.15, 0.2) is 36.7 Å². The molecule has 31 heavy (non-hydrogen) atoms. The van der Waals surface area contributed by atoms with E-state index < -0.39 is 30.2 Å². The fourth-order valence-corrected chi connectivity index (χ4v) is 3.13. The second-order valence-electron chi connectivity index (χ2n) is 8.24. The minimum atomic E-state index is -2.90. The van der Waals surface area contributed by atoms with Crippen LogP contribution in [0.1, 0.15) is 52.4 Å². The third-order valence-corrected chi connectivity index (χ3v) is 4.55. The summed E-state index contributed by atoms with van der Waals surface area (Å²) in [7, 11) is 0. The zero-order valence-corrected chi connectivity index (χ0v) is 17.7. The molecule has 1 aliphatic heterocycles. The van der Waals surface area contributed by atoms with Crippen molar-refractivity contribution in [2.75, 3.05) is 5.32 Å². The first-order valence-corrected chi connectivity index (χ1v) is 9.84. The van der Waals surface area contributed by atoms with Gasteiger partial charge < -0.3 is 15.4 Å². The van der Waals surface area contributed by atoms with Gasteiger partial charge in [-0.15, -0.1) is 0 Å². The summed E-state index contributed by atoms with van der Waals surface area (Å²) < 4.78 is 33.0. The molecule has 3 heterocycles. The van der Waals surface area contributed by atoms with Crippen LogP contribution in [0, 0.1) is 5.92 Å². The highest BCUT2D eigenvalue weighted by molar-refractivity contribution is 5.96. The molecule has 0 aromatic carbocycles. The van der Waals surface area contributed by atoms with Gasteiger partial charge in [-0.25, -0.2) is 9.48 Å². The normalized spacial score (nSPS) is 20.2. The van der Waals surface area contributed by atoms with Crippen molar-refractivity contribution >= 4 is 17.7 Å². The number of halogens is 2. The summed E-state index contributed by atoms with van der Waals surface area (Å²) in [5.74, 6) is -0.895. The number of hydrogen-bond acceptors (Lipinski definition) is 5. The number of aromatic nitrogens is 3.